The monoisotopic (exact) mass is 291 g/mol. The molecule has 1 saturated heterocycles. The smallest absolute Gasteiger partial charge is 0.108 e. The molecule has 1 aromatic heterocycles. The van der Waals surface area contributed by atoms with Gasteiger partial charge in [-0.2, -0.15) is 0 Å². The van der Waals surface area contributed by atoms with E-state index in [0.29, 0.717) is 6.61 Å². The second-order valence-corrected chi connectivity index (χ2v) is 6.39. The minimum atomic E-state index is 0.298. The lowest BCUT2D eigenvalue weighted by Crippen LogP contribution is -2.46. The molecule has 2 heterocycles. The van der Waals surface area contributed by atoms with E-state index in [1.807, 2.05) is 6.07 Å². The zero-order valence-electron chi connectivity index (χ0n) is 11.7. The van der Waals surface area contributed by atoms with Gasteiger partial charge in [-0.15, -0.1) is 11.3 Å². The average molecular weight is 291 g/mol. The highest BCUT2D eigenvalue weighted by Crippen LogP contribution is 2.22. The zero-order valence-corrected chi connectivity index (χ0v) is 12.5. The maximum Gasteiger partial charge on any atom is 0.108 e. The minimum absolute atomic E-state index is 0.298. The summed E-state index contributed by atoms with van der Waals surface area (Å²) in [4.78, 5) is 9.62. The third-order valence-electron chi connectivity index (χ3n) is 3.79. The number of rotatable bonds is 5. The quantitative estimate of drug-likeness (QED) is 0.912. The van der Waals surface area contributed by atoms with Crippen LogP contribution in [-0.2, 0) is 6.54 Å². The molecule has 0 amide bonds. The second kappa shape index (κ2) is 6.63. The van der Waals surface area contributed by atoms with E-state index in [2.05, 4.69) is 28.0 Å². The van der Waals surface area contributed by atoms with Crippen molar-refractivity contribution in [3.05, 3.63) is 29.3 Å². The van der Waals surface area contributed by atoms with Crippen LogP contribution in [0.15, 0.2) is 24.3 Å². The van der Waals surface area contributed by atoms with E-state index in [4.69, 9.17) is 10.1 Å². The number of fused-ring (bicyclic) bond motifs is 1. The molecular weight excluding hydrogens is 270 g/mol. The van der Waals surface area contributed by atoms with Gasteiger partial charge in [-0.3, -0.25) is 4.90 Å². The summed E-state index contributed by atoms with van der Waals surface area (Å²) in [6, 6.07) is 8.35. The molecule has 1 aliphatic rings. The Kier molecular flexibility index (Phi) is 4.62. The van der Waals surface area contributed by atoms with E-state index in [1.165, 1.54) is 9.71 Å². The Morgan fingerprint density at radius 1 is 1.10 bits per heavy atom. The first-order chi connectivity index (χ1) is 9.85. The highest BCUT2D eigenvalue weighted by atomic mass is 32.1. The molecule has 4 nitrogen and oxygen atoms in total. The summed E-state index contributed by atoms with van der Waals surface area (Å²) < 4.78 is 1.28. The second-order valence-electron chi connectivity index (χ2n) is 5.27. The molecule has 0 saturated carbocycles. The standard InChI is InChI=1S/C15H21N3OS/c19-11-3-6-17-7-9-18(10-8-17)12-15-16-13-4-1-2-5-14(13)20-15/h1-2,4-5,19H,3,6-12H2. The first-order valence-corrected chi connectivity index (χ1v) is 8.07. The van der Waals surface area contributed by atoms with Crippen LogP contribution in [0.3, 0.4) is 0 Å². The van der Waals surface area contributed by atoms with Crippen molar-refractivity contribution < 1.29 is 5.11 Å². The largest absolute Gasteiger partial charge is 0.396 e. The number of benzene rings is 1. The summed E-state index contributed by atoms with van der Waals surface area (Å²) in [5, 5.41) is 10.1. The molecule has 1 N–H and O–H groups in total. The van der Waals surface area contributed by atoms with Crippen molar-refractivity contribution >= 4 is 21.6 Å². The van der Waals surface area contributed by atoms with Crippen LogP contribution < -0.4 is 0 Å². The Morgan fingerprint density at radius 3 is 2.60 bits per heavy atom. The van der Waals surface area contributed by atoms with Gasteiger partial charge in [0.05, 0.1) is 16.8 Å². The average Bonchev–Trinajstić information content (AvgIpc) is 2.89. The maximum atomic E-state index is 8.87. The zero-order chi connectivity index (χ0) is 13.8. The number of piperazine rings is 1. The van der Waals surface area contributed by atoms with Crippen molar-refractivity contribution in [2.45, 2.75) is 13.0 Å². The third-order valence-corrected chi connectivity index (χ3v) is 4.82. The lowest BCUT2D eigenvalue weighted by molar-refractivity contribution is 0.120. The van der Waals surface area contributed by atoms with Gasteiger partial charge in [0.2, 0.25) is 0 Å². The van der Waals surface area contributed by atoms with E-state index in [-0.39, 0.29) is 0 Å². The molecule has 2 aromatic rings. The van der Waals surface area contributed by atoms with Gasteiger partial charge in [0.25, 0.3) is 0 Å². The predicted molar refractivity (Wildman–Crippen MR) is 83.0 cm³/mol. The topological polar surface area (TPSA) is 39.6 Å². The van der Waals surface area contributed by atoms with Crippen LogP contribution in [0.4, 0.5) is 0 Å². The summed E-state index contributed by atoms with van der Waals surface area (Å²) >= 11 is 1.81. The SMILES string of the molecule is OCCCN1CCN(Cc2nc3ccccc3s2)CC1. The molecule has 5 heteroatoms. The number of para-hydroxylation sites is 1. The predicted octanol–water partition coefficient (Wildman–Crippen LogP) is 1.80. The minimum Gasteiger partial charge on any atom is -0.396 e. The normalized spacial score (nSPS) is 17.9. The molecule has 1 aliphatic heterocycles. The van der Waals surface area contributed by atoms with Crippen molar-refractivity contribution in [1.29, 1.82) is 0 Å². The van der Waals surface area contributed by atoms with Crippen molar-refractivity contribution in [3.63, 3.8) is 0 Å². The van der Waals surface area contributed by atoms with Gasteiger partial charge in [-0.25, -0.2) is 4.98 Å². The number of thiazole rings is 1. The number of aliphatic hydroxyl groups is 1. The number of aromatic nitrogens is 1. The van der Waals surface area contributed by atoms with Gasteiger partial charge >= 0.3 is 0 Å². The fraction of sp³-hybridized carbons (Fsp3) is 0.533. The number of hydrogen-bond donors (Lipinski definition) is 1. The molecule has 0 unspecified atom stereocenters. The maximum absolute atomic E-state index is 8.87. The molecule has 3 rings (SSSR count). The van der Waals surface area contributed by atoms with Gasteiger partial charge in [-0.05, 0) is 18.6 Å². The summed E-state index contributed by atoms with van der Waals surface area (Å²) in [6.45, 7) is 6.68. The highest BCUT2D eigenvalue weighted by molar-refractivity contribution is 7.18. The van der Waals surface area contributed by atoms with E-state index < -0.39 is 0 Å². The Bertz CT molecular complexity index is 516. The molecule has 0 radical (unpaired) electrons. The van der Waals surface area contributed by atoms with Crippen LogP contribution in [0.2, 0.25) is 0 Å². The summed E-state index contributed by atoms with van der Waals surface area (Å²) in [5.74, 6) is 0. The molecule has 0 spiro atoms. The van der Waals surface area contributed by atoms with Crippen molar-refractivity contribution in [2.75, 3.05) is 39.3 Å². The molecule has 20 heavy (non-hydrogen) atoms. The fourth-order valence-corrected chi connectivity index (χ4v) is 3.65. The third kappa shape index (κ3) is 3.35. The molecular formula is C15H21N3OS. The van der Waals surface area contributed by atoms with E-state index in [0.717, 1.165) is 51.2 Å². The first kappa shape index (κ1) is 13.9. The van der Waals surface area contributed by atoms with Crippen LogP contribution in [0.5, 0.6) is 0 Å². The number of nitrogens with zero attached hydrogens (tertiary/aromatic N) is 3. The Balaban J connectivity index is 1.54. The van der Waals surface area contributed by atoms with Crippen LogP contribution >= 0.6 is 11.3 Å². The van der Waals surface area contributed by atoms with Crippen LogP contribution in [-0.4, -0.2) is 59.2 Å². The highest BCUT2D eigenvalue weighted by Gasteiger charge is 2.17. The first-order valence-electron chi connectivity index (χ1n) is 7.25. The van der Waals surface area contributed by atoms with Crippen molar-refractivity contribution in [2.24, 2.45) is 0 Å². The Labute approximate surface area is 123 Å². The van der Waals surface area contributed by atoms with Crippen molar-refractivity contribution in [1.82, 2.24) is 14.8 Å². The van der Waals surface area contributed by atoms with E-state index >= 15 is 0 Å². The Hall–Kier alpha value is -1.01. The molecule has 0 aliphatic carbocycles. The molecule has 1 fully saturated rings. The van der Waals surface area contributed by atoms with Gasteiger partial charge in [0, 0.05) is 39.3 Å². The van der Waals surface area contributed by atoms with E-state index in [1.54, 1.807) is 11.3 Å². The molecule has 0 bridgehead atoms. The fourth-order valence-electron chi connectivity index (χ4n) is 2.64. The summed E-state index contributed by atoms with van der Waals surface area (Å²) in [6.07, 6.45) is 0.887. The molecule has 108 valence electrons. The van der Waals surface area contributed by atoms with Gasteiger partial charge < -0.3 is 10.0 Å². The lowest BCUT2D eigenvalue weighted by atomic mass is 10.3. The molecule has 0 atom stereocenters. The van der Waals surface area contributed by atoms with Crippen LogP contribution in [0.25, 0.3) is 10.2 Å². The summed E-state index contributed by atoms with van der Waals surface area (Å²) in [7, 11) is 0. The summed E-state index contributed by atoms with van der Waals surface area (Å²) in [5.41, 5.74) is 1.12. The van der Waals surface area contributed by atoms with Crippen LogP contribution in [0.1, 0.15) is 11.4 Å². The van der Waals surface area contributed by atoms with E-state index in [9.17, 15) is 0 Å². The lowest BCUT2D eigenvalue weighted by Gasteiger charge is -2.34. The van der Waals surface area contributed by atoms with Crippen LogP contribution in [0, 0.1) is 0 Å². The van der Waals surface area contributed by atoms with Gasteiger partial charge in [-0.1, -0.05) is 12.1 Å². The van der Waals surface area contributed by atoms with Crippen molar-refractivity contribution in [3.8, 4) is 0 Å². The van der Waals surface area contributed by atoms with Gasteiger partial charge in [0.15, 0.2) is 0 Å². The van der Waals surface area contributed by atoms with Gasteiger partial charge in [0.1, 0.15) is 5.01 Å². The number of hydrogen-bond acceptors (Lipinski definition) is 5. The number of aliphatic hydroxyl groups excluding tert-OH is 1. The molecule has 1 aromatic carbocycles. The Morgan fingerprint density at radius 2 is 1.85 bits per heavy atom.